The molecular formula is C23H19F3N4O4. The number of nitrogens with zero attached hydrogens (tertiary/aromatic N) is 3. The van der Waals surface area contributed by atoms with Crippen molar-refractivity contribution in [2.24, 2.45) is 0 Å². The van der Waals surface area contributed by atoms with Gasteiger partial charge in [0, 0.05) is 25.5 Å². The Morgan fingerprint density at radius 3 is 2.50 bits per heavy atom. The fraction of sp³-hybridized carbons (Fsp3) is 0.217. The first-order valence-electron chi connectivity index (χ1n) is 10.3. The van der Waals surface area contributed by atoms with Crippen molar-refractivity contribution >= 4 is 11.8 Å². The van der Waals surface area contributed by atoms with Crippen LogP contribution in [0.5, 0.6) is 11.5 Å². The zero-order chi connectivity index (χ0) is 24.1. The summed E-state index contributed by atoms with van der Waals surface area (Å²) in [5, 5.41) is 2.68. The molecule has 0 bridgehead atoms. The number of nitrogens with one attached hydrogen (secondary N) is 1. The normalized spacial score (nSPS) is 13.5. The van der Waals surface area contributed by atoms with Crippen LogP contribution < -0.4 is 14.8 Å². The van der Waals surface area contributed by atoms with Gasteiger partial charge in [0.05, 0.1) is 12.1 Å². The SMILES string of the molecule is O=C(NCCN1CCOc2ccc(-c3ccc(OC(F)(F)F)cc3)cc2C1=O)c1ncccn1. The minimum absolute atomic E-state index is 0.0367. The summed E-state index contributed by atoms with van der Waals surface area (Å²) < 4.78 is 46.7. The van der Waals surface area contributed by atoms with Crippen molar-refractivity contribution in [2.45, 2.75) is 6.36 Å². The number of carbonyl (C=O) groups is 2. The van der Waals surface area contributed by atoms with Crippen molar-refractivity contribution in [3.63, 3.8) is 0 Å². The lowest BCUT2D eigenvalue weighted by Gasteiger charge is -2.20. The number of hydrogen-bond donors (Lipinski definition) is 1. The van der Waals surface area contributed by atoms with Gasteiger partial charge in [0.1, 0.15) is 18.1 Å². The standard InChI is InChI=1S/C23H19F3N4O4/c24-23(25,26)34-17-5-2-15(3-6-17)16-4-7-19-18(14-16)22(32)30(12-13-33-19)11-10-29-21(31)20-27-8-1-9-28-20/h1-9,14H,10-13H2,(H,29,31). The van der Waals surface area contributed by atoms with Gasteiger partial charge in [-0.15, -0.1) is 13.2 Å². The summed E-state index contributed by atoms with van der Waals surface area (Å²) in [4.78, 5) is 34.6. The minimum Gasteiger partial charge on any atom is -0.491 e. The van der Waals surface area contributed by atoms with Gasteiger partial charge < -0.3 is 19.7 Å². The summed E-state index contributed by atoms with van der Waals surface area (Å²) in [5.41, 5.74) is 1.56. The number of rotatable bonds is 6. The largest absolute Gasteiger partial charge is 0.573 e. The Morgan fingerprint density at radius 2 is 1.79 bits per heavy atom. The molecule has 0 spiro atoms. The molecule has 0 saturated heterocycles. The number of hydrogen-bond acceptors (Lipinski definition) is 6. The second kappa shape index (κ2) is 9.77. The first kappa shape index (κ1) is 23.0. The number of carbonyl (C=O) groups excluding carboxylic acids is 2. The molecule has 8 nitrogen and oxygen atoms in total. The lowest BCUT2D eigenvalue weighted by atomic mass is 10.0. The van der Waals surface area contributed by atoms with Gasteiger partial charge in [0.15, 0.2) is 0 Å². The molecule has 34 heavy (non-hydrogen) atoms. The van der Waals surface area contributed by atoms with Gasteiger partial charge in [0.2, 0.25) is 5.82 Å². The van der Waals surface area contributed by atoms with Crippen LogP contribution in [0.2, 0.25) is 0 Å². The van der Waals surface area contributed by atoms with Crippen LogP contribution in [0.4, 0.5) is 13.2 Å². The smallest absolute Gasteiger partial charge is 0.491 e. The van der Waals surface area contributed by atoms with Crippen molar-refractivity contribution in [3.05, 3.63) is 72.3 Å². The first-order chi connectivity index (χ1) is 16.3. The van der Waals surface area contributed by atoms with E-state index in [1.54, 1.807) is 29.2 Å². The highest BCUT2D eigenvalue weighted by molar-refractivity contribution is 5.98. The second-order valence-corrected chi connectivity index (χ2v) is 7.25. The van der Waals surface area contributed by atoms with E-state index in [9.17, 15) is 22.8 Å². The summed E-state index contributed by atoms with van der Waals surface area (Å²) in [5.74, 6) is -0.611. The monoisotopic (exact) mass is 472 g/mol. The Kier molecular flexibility index (Phi) is 6.62. The molecule has 176 valence electrons. The molecule has 0 aliphatic carbocycles. The maximum absolute atomic E-state index is 13.1. The molecule has 11 heteroatoms. The lowest BCUT2D eigenvalue weighted by molar-refractivity contribution is -0.274. The van der Waals surface area contributed by atoms with E-state index in [0.717, 1.165) is 0 Å². The fourth-order valence-corrected chi connectivity index (χ4v) is 3.40. The maximum Gasteiger partial charge on any atom is 0.573 e. The molecule has 0 saturated carbocycles. The summed E-state index contributed by atoms with van der Waals surface area (Å²) in [6, 6.07) is 12.0. The van der Waals surface area contributed by atoms with Crippen molar-refractivity contribution in [2.75, 3.05) is 26.2 Å². The molecule has 1 aliphatic rings. The highest BCUT2D eigenvalue weighted by Gasteiger charge is 2.31. The quantitative estimate of drug-likeness (QED) is 0.592. The highest BCUT2D eigenvalue weighted by Crippen LogP contribution is 2.31. The Labute approximate surface area is 192 Å². The van der Waals surface area contributed by atoms with Crippen LogP contribution >= 0.6 is 0 Å². The van der Waals surface area contributed by atoms with Crippen LogP contribution in [0.25, 0.3) is 11.1 Å². The summed E-state index contributed by atoms with van der Waals surface area (Å²) in [6.07, 6.45) is -1.85. The number of alkyl halides is 3. The molecule has 0 radical (unpaired) electrons. The summed E-state index contributed by atoms with van der Waals surface area (Å²) in [7, 11) is 0. The Morgan fingerprint density at radius 1 is 1.09 bits per heavy atom. The zero-order valence-corrected chi connectivity index (χ0v) is 17.7. The summed E-state index contributed by atoms with van der Waals surface area (Å²) >= 11 is 0. The number of benzene rings is 2. The number of halogens is 3. The predicted octanol–water partition coefficient (Wildman–Crippen LogP) is 3.31. The van der Waals surface area contributed by atoms with E-state index in [4.69, 9.17) is 4.74 Å². The molecular weight excluding hydrogens is 453 g/mol. The molecule has 2 aromatic carbocycles. The topological polar surface area (TPSA) is 93.7 Å². The first-order valence-corrected chi connectivity index (χ1v) is 10.3. The fourth-order valence-electron chi connectivity index (χ4n) is 3.40. The van der Waals surface area contributed by atoms with Crippen LogP contribution in [0.3, 0.4) is 0 Å². The molecule has 1 aliphatic heterocycles. The van der Waals surface area contributed by atoms with E-state index < -0.39 is 12.3 Å². The number of amides is 2. The third kappa shape index (κ3) is 5.61. The third-order valence-corrected chi connectivity index (χ3v) is 4.97. The van der Waals surface area contributed by atoms with E-state index in [0.29, 0.717) is 29.0 Å². The van der Waals surface area contributed by atoms with Crippen molar-refractivity contribution < 1.29 is 32.2 Å². The molecule has 2 amide bonds. The van der Waals surface area contributed by atoms with Crippen LogP contribution in [-0.2, 0) is 0 Å². The average Bonchev–Trinajstić information content (AvgIpc) is 2.97. The van der Waals surface area contributed by atoms with Gasteiger partial charge in [-0.3, -0.25) is 9.59 Å². The van der Waals surface area contributed by atoms with Gasteiger partial charge in [-0.25, -0.2) is 9.97 Å². The molecule has 4 rings (SSSR count). The van der Waals surface area contributed by atoms with Crippen LogP contribution in [-0.4, -0.2) is 59.3 Å². The van der Waals surface area contributed by atoms with Gasteiger partial charge in [0.25, 0.3) is 11.8 Å². The molecule has 0 fully saturated rings. The molecule has 2 heterocycles. The molecule has 0 unspecified atom stereocenters. The van der Waals surface area contributed by atoms with E-state index in [1.807, 2.05) is 0 Å². The molecule has 3 aromatic rings. The van der Waals surface area contributed by atoms with Crippen molar-refractivity contribution in [3.8, 4) is 22.6 Å². The van der Waals surface area contributed by atoms with Crippen LogP contribution in [0.1, 0.15) is 21.0 Å². The number of aromatic nitrogens is 2. The van der Waals surface area contributed by atoms with E-state index >= 15 is 0 Å². The van der Waals surface area contributed by atoms with E-state index in [2.05, 4.69) is 20.0 Å². The predicted molar refractivity (Wildman–Crippen MR) is 114 cm³/mol. The molecule has 0 atom stereocenters. The van der Waals surface area contributed by atoms with Gasteiger partial charge in [-0.05, 0) is 41.5 Å². The number of ether oxygens (including phenoxy) is 2. The maximum atomic E-state index is 13.1. The highest BCUT2D eigenvalue weighted by atomic mass is 19.4. The Bertz CT molecular complexity index is 1170. The van der Waals surface area contributed by atoms with Gasteiger partial charge >= 0.3 is 6.36 Å². The third-order valence-electron chi connectivity index (χ3n) is 4.97. The van der Waals surface area contributed by atoms with Crippen LogP contribution in [0, 0.1) is 0 Å². The Hall–Kier alpha value is -4.15. The van der Waals surface area contributed by atoms with E-state index in [1.165, 1.54) is 36.7 Å². The second-order valence-electron chi connectivity index (χ2n) is 7.25. The average molecular weight is 472 g/mol. The van der Waals surface area contributed by atoms with Gasteiger partial charge in [-0.1, -0.05) is 18.2 Å². The zero-order valence-electron chi connectivity index (χ0n) is 17.7. The Balaban J connectivity index is 1.45. The van der Waals surface area contributed by atoms with E-state index in [-0.39, 0.29) is 37.2 Å². The minimum atomic E-state index is -4.77. The summed E-state index contributed by atoms with van der Waals surface area (Å²) in [6.45, 7) is 1.04. The number of fused-ring (bicyclic) bond motifs is 1. The molecule has 1 N–H and O–H groups in total. The molecule has 1 aromatic heterocycles. The van der Waals surface area contributed by atoms with Gasteiger partial charge in [-0.2, -0.15) is 0 Å². The lowest BCUT2D eigenvalue weighted by Crippen LogP contribution is -2.39. The van der Waals surface area contributed by atoms with Crippen molar-refractivity contribution in [1.29, 1.82) is 0 Å². The van der Waals surface area contributed by atoms with Crippen LogP contribution in [0.15, 0.2) is 60.9 Å². The van der Waals surface area contributed by atoms with Crippen molar-refractivity contribution in [1.82, 2.24) is 20.2 Å².